The van der Waals surface area contributed by atoms with Crippen molar-refractivity contribution >= 4 is 23.6 Å². The first-order chi connectivity index (χ1) is 14.6. The molecule has 0 aromatic heterocycles. The minimum Gasteiger partial charge on any atom is -0.350 e. The van der Waals surface area contributed by atoms with Crippen molar-refractivity contribution in [1.29, 1.82) is 0 Å². The number of rotatable bonds is 5. The average Bonchev–Trinajstić information content (AvgIpc) is 3.16. The van der Waals surface area contributed by atoms with E-state index in [0.29, 0.717) is 16.9 Å². The molecule has 31 heavy (non-hydrogen) atoms. The van der Waals surface area contributed by atoms with Crippen LogP contribution in [0.2, 0.25) is 0 Å². The van der Waals surface area contributed by atoms with Gasteiger partial charge in [-0.1, -0.05) is 38.1 Å². The van der Waals surface area contributed by atoms with Crippen LogP contribution in [0.3, 0.4) is 0 Å². The summed E-state index contributed by atoms with van der Waals surface area (Å²) >= 11 is 1.35. The van der Waals surface area contributed by atoms with Crippen LogP contribution in [0.15, 0.2) is 48.5 Å². The van der Waals surface area contributed by atoms with Crippen molar-refractivity contribution in [2.75, 3.05) is 5.75 Å². The number of thioether (sulfide) groups is 1. The van der Waals surface area contributed by atoms with E-state index < -0.39 is 34.9 Å². The van der Waals surface area contributed by atoms with Crippen LogP contribution in [0.4, 0.5) is 17.6 Å². The minimum absolute atomic E-state index is 0.0989. The summed E-state index contributed by atoms with van der Waals surface area (Å²) in [5.74, 6) is -1.23. The van der Waals surface area contributed by atoms with Crippen LogP contribution in [0.1, 0.15) is 35.9 Å². The van der Waals surface area contributed by atoms with Gasteiger partial charge in [-0.25, -0.2) is 4.39 Å². The lowest BCUT2D eigenvalue weighted by Gasteiger charge is -2.30. The SMILES string of the molecule is CC(C)C(=O)N1C(C(=O)NCc2cccc(C(F)(F)F)c2)CSC1c1cccc(F)c1. The van der Waals surface area contributed by atoms with Crippen molar-refractivity contribution in [2.45, 2.75) is 38.0 Å². The molecular weight excluding hydrogens is 432 g/mol. The van der Waals surface area contributed by atoms with Gasteiger partial charge in [-0.05, 0) is 35.4 Å². The normalized spacial score (nSPS) is 19.0. The number of hydrogen-bond donors (Lipinski definition) is 1. The van der Waals surface area contributed by atoms with E-state index in [1.54, 1.807) is 26.0 Å². The van der Waals surface area contributed by atoms with Gasteiger partial charge in [0.15, 0.2) is 0 Å². The van der Waals surface area contributed by atoms with Gasteiger partial charge in [0.1, 0.15) is 17.2 Å². The van der Waals surface area contributed by atoms with Crippen molar-refractivity contribution in [2.24, 2.45) is 5.92 Å². The summed E-state index contributed by atoms with van der Waals surface area (Å²) in [5.41, 5.74) is 0.0860. The highest BCUT2D eigenvalue weighted by Crippen LogP contribution is 2.42. The fourth-order valence-corrected chi connectivity index (χ4v) is 4.78. The van der Waals surface area contributed by atoms with Gasteiger partial charge in [-0.3, -0.25) is 9.59 Å². The number of nitrogens with one attached hydrogen (secondary N) is 1. The first-order valence-electron chi connectivity index (χ1n) is 9.71. The molecule has 1 saturated heterocycles. The van der Waals surface area contributed by atoms with Crippen molar-refractivity contribution in [3.63, 3.8) is 0 Å². The molecule has 2 atom stereocenters. The zero-order valence-corrected chi connectivity index (χ0v) is 17.8. The summed E-state index contributed by atoms with van der Waals surface area (Å²) in [5, 5.41) is 2.12. The number of hydrogen-bond acceptors (Lipinski definition) is 3. The molecule has 9 heteroatoms. The summed E-state index contributed by atoms with van der Waals surface area (Å²) in [4.78, 5) is 27.2. The Balaban J connectivity index is 1.77. The third-order valence-electron chi connectivity index (χ3n) is 4.91. The maximum Gasteiger partial charge on any atom is 0.416 e. The third-order valence-corrected chi connectivity index (χ3v) is 6.23. The Morgan fingerprint density at radius 3 is 2.52 bits per heavy atom. The molecule has 1 N–H and O–H groups in total. The Kier molecular flexibility index (Phi) is 6.93. The number of carbonyl (C=O) groups is 2. The second kappa shape index (κ2) is 9.30. The van der Waals surface area contributed by atoms with Crippen LogP contribution >= 0.6 is 11.8 Å². The van der Waals surface area contributed by atoms with Crippen LogP contribution in [-0.4, -0.2) is 28.5 Å². The predicted molar refractivity (Wildman–Crippen MR) is 110 cm³/mol. The van der Waals surface area contributed by atoms with Crippen LogP contribution < -0.4 is 5.32 Å². The molecule has 2 aromatic carbocycles. The molecule has 2 aromatic rings. The van der Waals surface area contributed by atoms with E-state index in [0.717, 1.165) is 12.1 Å². The molecule has 1 aliphatic rings. The summed E-state index contributed by atoms with van der Waals surface area (Å²) < 4.78 is 52.4. The van der Waals surface area contributed by atoms with Gasteiger partial charge >= 0.3 is 6.18 Å². The van der Waals surface area contributed by atoms with Crippen molar-refractivity contribution in [3.05, 3.63) is 71.0 Å². The molecule has 0 spiro atoms. The molecule has 2 unspecified atom stereocenters. The lowest BCUT2D eigenvalue weighted by molar-refractivity contribution is -0.142. The number of nitrogens with zero attached hydrogens (tertiary/aromatic N) is 1. The van der Waals surface area contributed by atoms with E-state index >= 15 is 0 Å². The zero-order valence-electron chi connectivity index (χ0n) is 16.9. The van der Waals surface area contributed by atoms with Gasteiger partial charge in [0.05, 0.1) is 5.56 Å². The Hall–Kier alpha value is -2.55. The standard InChI is InChI=1S/C22H22F4N2O2S/c1-13(2)20(30)28-18(12-31-21(28)15-6-4-8-17(23)10-15)19(29)27-11-14-5-3-7-16(9-14)22(24,25)26/h3-10,13,18,21H,11-12H2,1-2H3,(H,27,29). The summed E-state index contributed by atoms with van der Waals surface area (Å²) in [7, 11) is 0. The van der Waals surface area contributed by atoms with E-state index in [1.165, 1.54) is 40.9 Å². The van der Waals surface area contributed by atoms with Gasteiger partial charge < -0.3 is 10.2 Å². The number of benzene rings is 2. The monoisotopic (exact) mass is 454 g/mol. The molecule has 1 aliphatic heterocycles. The van der Waals surface area contributed by atoms with E-state index in [1.807, 2.05) is 0 Å². The van der Waals surface area contributed by atoms with E-state index in [9.17, 15) is 27.2 Å². The first kappa shape index (κ1) is 23.1. The third kappa shape index (κ3) is 5.39. The number of alkyl halides is 3. The fourth-order valence-electron chi connectivity index (χ4n) is 3.36. The number of carbonyl (C=O) groups excluding carboxylic acids is 2. The van der Waals surface area contributed by atoms with Crippen molar-refractivity contribution in [3.8, 4) is 0 Å². The Bertz CT molecular complexity index is 965. The molecule has 2 amide bonds. The highest BCUT2D eigenvalue weighted by Gasteiger charge is 2.42. The van der Waals surface area contributed by atoms with E-state index in [-0.39, 0.29) is 18.4 Å². The molecule has 3 rings (SSSR count). The topological polar surface area (TPSA) is 49.4 Å². The lowest BCUT2D eigenvalue weighted by Crippen LogP contribution is -2.49. The molecule has 0 aliphatic carbocycles. The summed E-state index contributed by atoms with van der Waals surface area (Å²) in [6.45, 7) is 3.33. The van der Waals surface area contributed by atoms with Gasteiger partial charge in [0, 0.05) is 18.2 Å². The second-order valence-electron chi connectivity index (χ2n) is 7.57. The largest absolute Gasteiger partial charge is 0.416 e. The van der Waals surface area contributed by atoms with E-state index in [4.69, 9.17) is 0 Å². The number of halogens is 4. The molecule has 166 valence electrons. The minimum atomic E-state index is -4.47. The van der Waals surface area contributed by atoms with Crippen molar-refractivity contribution < 1.29 is 27.2 Å². The zero-order chi connectivity index (χ0) is 22.8. The summed E-state index contributed by atoms with van der Waals surface area (Å²) in [6, 6.07) is 9.80. The average molecular weight is 454 g/mol. The Morgan fingerprint density at radius 2 is 1.87 bits per heavy atom. The Morgan fingerprint density at radius 1 is 1.16 bits per heavy atom. The molecule has 1 heterocycles. The van der Waals surface area contributed by atoms with Crippen LogP contribution in [0, 0.1) is 11.7 Å². The molecular formula is C22H22F4N2O2S. The Labute approximate surface area is 182 Å². The van der Waals surface area contributed by atoms with Gasteiger partial charge in [-0.15, -0.1) is 11.8 Å². The number of amides is 2. The van der Waals surface area contributed by atoms with Crippen LogP contribution in [0.25, 0.3) is 0 Å². The molecule has 4 nitrogen and oxygen atoms in total. The highest BCUT2D eigenvalue weighted by molar-refractivity contribution is 7.99. The second-order valence-corrected chi connectivity index (χ2v) is 8.69. The van der Waals surface area contributed by atoms with Crippen LogP contribution in [-0.2, 0) is 22.3 Å². The predicted octanol–water partition coefficient (Wildman–Crippen LogP) is 4.76. The van der Waals surface area contributed by atoms with Gasteiger partial charge in [-0.2, -0.15) is 13.2 Å². The summed E-state index contributed by atoms with van der Waals surface area (Å²) in [6.07, 6.45) is -4.47. The highest BCUT2D eigenvalue weighted by atomic mass is 32.2. The molecule has 0 radical (unpaired) electrons. The first-order valence-corrected chi connectivity index (χ1v) is 10.8. The molecule has 0 bridgehead atoms. The maximum absolute atomic E-state index is 13.7. The van der Waals surface area contributed by atoms with Crippen LogP contribution in [0.5, 0.6) is 0 Å². The fraction of sp³-hybridized carbons (Fsp3) is 0.364. The molecule has 0 saturated carbocycles. The molecule has 1 fully saturated rings. The lowest BCUT2D eigenvalue weighted by atomic mass is 10.1. The quantitative estimate of drug-likeness (QED) is 0.663. The van der Waals surface area contributed by atoms with Gasteiger partial charge in [0.2, 0.25) is 11.8 Å². The van der Waals surface area contributed by atoms with Crippen molar-refractivity contribution in [1.82, 2.24) is 10.2 Å². The van der Waals surface area contributed by atoms with E-state index in [2.05, 4.69) is 5.32 Å². The van der Waals surface area contributed by atoms with Gasteiger partial charge in [0.25, 0.3) is 0 Å². The maximum atomic E-state index is 13.7. The smallest absolute Gasteiger partial charge is 0.350 e.